The lowest BCUT2D eigenvalue weighted by atomic mass is 10.0. The molecule has 1 fully saturated rings. The van der Waals surface area contributed by atoms with E-state index in [1.807, 2.05) is 35.2 Å². The van der Waals surface area contributed by atoms with Gasteiger partial charge in [0.05, 0.1) is 6.04 Å². The van der Waals surface area contributed by atoms with E-state index in [1.165, 1.54) is 0 Å². The third-order valence-electron chi connectivity index (χ3n) is 3.98. The number of rotatable bonds is 5. The number of piperazine rings is 1. The van der Waals surface area contributed by atoms with E-state index in [9.17, 15) is 8.78 Å². The lowest BCUT2D eigenvalue weighted by molar-refractivity contribution is 0.0181. The predicted octanol–water partition coefficient (Wildman–Crippen LogP) is 4.53. The lowest BCUT2D eigenvalue weighted by Crippen LogP contribution is -2.46. The molecule has 0 aromatic heterocycles. The van der Waals surface area contributed by atoms with Gasteiger partial charge in [0, 0.05) is 26.2 Å². The first-order chi connectivity index (χ1) is 11.2. The summed E-state index contributed by atoms with van der Waals surface area (Å²) in [6.07, 6.45) is -2.41. The molecule has 7 heteroatoms. The highest BCUT2D eigenvalue weighted by Gasteiger charge is 2.29. The molecular formula is C18H22Cl2F2N2O. The van der Waals surface area contributed by atoms with Gasteiger partial charge >= 0.3 is 0 Å². The molecule has 138 valence electrons. The smallest absolute Gasteiger partial charge is 0.258 e. The number of hydrogen-bond donors (Lipinski definition) is 1. The minimum absolute atomic E-state index is 0. The molecule has 0 radical (unpaired) electrons. The van der Waals surface area contributed by atoms with Crippen LogP contribution in [-0.2, 0) is 0 Å². The fraction of sp³-hybridized carbons (Fsp3) is 0.333. The van der Waals surface area contributed by atoms with Gasteiger partial charge in [0.2, 0.25) is 0 Å². The molecule has 1 N–H and O–H groups in total. The molecule has 3 nitrogen and oxygen atoms in total. The standard InChI is InChI=1S/C18H20F2N2O.2ClH/c19-18(20)17(22-12-10-21-11-13-22)14-6-8-16(9-7-14)23-15-4-2-1-3-5-15;;/h1-9,17-18,21H,10-13H2;2*1H/t17-;;/m1../s1. The number of benzene rings is 2. The van der Waals surface area contributed by atoms with Crippen molar-refractivity contribution in [2.75, 3.05) is 26.2 Å². The topological polar surface area (TPSA) is 24.5 Å². The van der Waals surface area contributed by atoms with Crippen molar-refractivity contribution < 1.29 is 13.5 Å². The normalized spacial score (nSPS) is 15.8. The Balaban J connectivity index is 0.00000156. The first kappa shape index (κ1) is 21.6. The number of nitrogens with one attached hydrogen (secondary N) is 1. The monoisotopic (exact) mass is 390 g/mol. The molecule has 0 aliphatic carbocycles. The lowest BCUT2D eigenvalue weighted by Gasteiger charge is -2.34. The molecule has 1 heterocycles. The van der Waals surface area contributed by atoms with E-state index in [0.717, 1.165) is 18.8 Å². The summed E-state index contributed by atoms with van der Waals surface area (Å²) in [6, 6.07) is 15.5. The van der Waals surface area contributed by atoms with Crippen LogP contribution in [0.1, 0.15) is 11.6 Å². The van der Waals surface area contributed by atoms with Gasteiger partial charge in [0.1, 0.15) is 11.5 Å². The van der Waals surface area contributed by atoms with Crippen molar-refractivity contribution in [3.8, 4) is 11.5 Å². The number of nitrogens with zero attached hydrogens (tertiary/aromatic N) is 1. The van der Waals surface area contributed by atoms with Crippen molar-refractivity contribution in [1.82, 2.24) is 10.2 Å². The van der Waals surface area contributed by atoms with Crippen molar-refractivity contribution in [1.29, 1.82) is 0 Å². The van der Waals surface area contributed by atoms with E-state index in [-0.39, 0.29) is 24.8 Å². The van der Waals surface area contributed by atoms with Crippen molar-refractivity contribution >= 4 is 24.8 Å². The molecule has 3 rings (SSSR count). The second-order valence-corrected chi connectivity index (χ2v) is 5.55. The number of hydrogen-bond acceptors (Lipinski definition) is 3. The Morgan fingerprint density at radius 2 is 1.40 bits per heavy atom. The van der Waals surface area contributed by atoms with Crippen molar-refractivity contribution in [2.24, 2.45) is 0 Å². The molecule has 1 saturated heterocycles. The summed E-state index contributed by atoms with van der Waals surface area (Å²) in [4.78, 5) is 1.84. The van der Waals surface area contributed by atoms with Crippen LogP contribution in [0.3, 0.4) is 0 Å². The second kappa shape index (κ2) is 10.6. The molecule has 1 aliphatic heterocycles. The fourth-order valence-corrected chi connectivity index (χ4v) is 2.83. The molecule has 25 heavy (non-hydrogen) atoms. The van der Waals surface area contributed by atoms with Crippen LogP contribution >= 0.6 is 24.8 Å². The summed E-state index contributed by atoms with van der Waals surface area (Å²) in [6.45, 7) is 2.77. The Morgan fingerprint density at radius 1 is 0.840 bits per heavy atom. The number of halogens is 4. The van der Waals surface area contributed by atoms with Gasteiger partial charge in [0.15, 0.2) is 0 Å². The van der Waals surface area contributed by atoms with Gasteiger partial charge in [-0.3, -0.25) is 4.90 Å². The molecule has 2 aromatic carbocycles. The zero-order chi connectivity index (χ0) is 16.1. The molecule has 1 aliphatic rings. The molecule has 1 atom stereocenters. The average Bonchev–Trinajstić information content (AvgIpc) is 2.58. The quantitative estimate of drug-likeness (QED) is 0.811. The maximum atomic E-state index is 13.5. The van der Waals surface area contributed by atoms with Crippen LogP contribution in [0.4, 0.5) is 8.78 Å². The largest absolute Gasteiger partial charge is 0.457 e. The summed E-state index contributed by atoms with van der Waals surface area (Å²) in [5, 5.41) is 3.19. The Bertz CT molecular complexity index is 608. The van der Waals surface area contributed by atoms with Gasteiger partial charge in [0.25, 0.3) is 6.43 Å². The van der Waals surface area contributed by atoms with Gasteiger partial charge in [-0.2, -0.15) is 0 Å². The minimum atomic E-state index is -2.41. The number of ether oxygens (including phenoxy) is 1. The predicted molar refractivity (Wildman–Crippen MR) is 101 cm³/mol. The van der Waals surface area contributed by atoms with E-state index in [1.54, 1.807) is 24.3 Å². The van der Waals surface area contributed by atoms with Gasteiger partial charge < -0.3 is 10.1 Å². The van der Waals surface area contributed by atoms with Crippen LogP contribution in [0.15, 0.2) is 54.6 Å². The number of alkyl halides is 2. The van der Waals surface area contributed by atoms with E-state index < -0.39 is 12.5 Å². The van der Waals surface area contributed by atoms with Crippen molar-refractivity contribution in [3.63, 3.8) is 0 Å². The summed E-state index contributed by atoms with van der Waals surface area (Å²) >= 11 is 0. The first-order valence-corrected chi connectivity index (χ1v) is 7.80. The van der Waals surface area contributed by atoms with Crippen molar-refractivity contribution in [2.45, 2.75) is 12.5 Å². The minimum Gasteiger partial charge on any atom is -0.457 e. The van der Waals surface area contributed by atoms with Gasteiger partial charge in [-0.25, -0.2) is 8.78 Å². The van der Waals surface area contributed by atoms with Crippen LogP contribution in [0.25, 0.3) is 0 Å². The van der Waals surface area contributed by atoms with E-state index in [4.69, 9.17) is 4.74 Å². The fourth-order valence-electron chi connectivity index (χ4n) is 2.83. The molecule has 0 bridgehead atoms. The zero-order valence-corrected chi connectivity index (χ0v) is 15.2. The second-order valence-electron chi connectivity index (χ2n) is 5.55. The third kappa shape index (κ3) is 5.82. The van der Waals surface area contributed by atoms with Crippen molar-refractivity contribution in [3.05, 3.63) is 60.2 Å². The van der Waals surface area contributed by atoms with Crippen LogP contribution in [0, 0.1) is 0 Å². The van der Waals surface area contributed by atoms with Crippen LogP contribution in [0.2, 0.25) is 0 Å². The van der Waals surface area contributed by atoms with Gasteiger partial charge in [-0.15, -0.1) is 24.8 Å². The summed E-state index contributed by atoms with van der Waals surface area (Å²) < 4.78 is 32.8. The van der Waals surface area contributed by atoms with E-state index >= 15 is 0 Å². The Morgan fingerprint density at radius 3 is 1.96 bits per heavy atom. The summed E-state index contributed by atoms with van der Waals surface area (Å²) in [5.74, 6) is 1.38. The number of para-hydroxylation sites is 1. The molecule has 2 aromatic rings. The summed E-state index contributed by atoms with van der Waals surface area (Å²) in [5.41, 5.74) is 0.627. The van der Waals surface area contributed by atoms with Gasteiger partial charge in [-0.1, -0.05) is 30.3 Å². The molecule has 0 saturated carbocycles. The van der Waals surface area contributed by atoms with E-state index in [2.05, 4.69) is 5.32 Å². The highest BCUT2D eigenvalue weighted by atomic mass is 35.5. The highest BCUT2D eigenvalue weighted by Crippen LogP contribution is 2.30. The highest BCUT2D eigenvalue weighted by molar-refractivity contribution is 5.85. The SMILES string of the molecule is Cl.Cl.FC(F)[C@@H](c1ccc(Oc2ccccc2)cc1)N1CCNCC1. The molecule has 0 unspecified atom stereocenters. The average molecular weight is 391 g/mol. The molecule has 0 amide bonds. The maximum Gasteiger partial charge on any atom is 0.258 e. The maximum absolute atomic E-state index is 13.5. The Kier molecular flexibility index (Phi) is 9.14. The zero-order valence-electron chi connectivity index (χ0n) is 13.6. The van der Waals surface area contributed by atoms with E-state index in [0.29, 0.717) is 24.4 Å². The van der Waals surface area contributed by atoms with Crippen LogP contribution < -0.4 is 10.1 Å². The molecular weight excluding hydrogens is 369 g/mol. The van der Waals surface area contributed by atoms with Crippen LogP contribution in [-0.4, -0.2) is 37.5 Å². The molecule has 0 spiro atoms. The Labute approximate surface area is 159 Å². The Hall–Kier alpha value is -1.40. The first-order valence-electron chi connectivity index (χ1n) is 7.80. The summed E-state index contributed by atoms with van der Waals surface area (Å²) in [7, 11) is 0. The van der Waals surface area contributed by atoms with Crippen LogP contribution in [0.5, 0.6) is 11.5 Å². The third-order valence-corrected chi connectivity index (χ3v) is 3.98. The van der Waals surface area contributed by atoms with Gasteiger partial charge in [-0.05, 0) is 29.8 Å².